The van der Waals surface area contributed by atoms with Gasteiger partial charge >= 0.3 is 0 Å². The number of rotatable bonds is 6. The highest BCUT2D eigenvalue weighted by Crippen LogP contribution is 2.44. The molecule has 0 atom stereocenters. The highest BCUT2D eigenvalue weighted by molar-refractivity contribution is 7.25. The quantitative estimate of drug-likeness (QED) is 0.177. The Bertz CT molecular complexity index is 2560. The fourth-order valence-electron chi connectivity index (χ4n) is 6.95. The van der Waals surface area contributed by atoms with Crippen molar-refractivity contribution < 1.29 is 0 Å². The molecule has 0 radical (unpaired) electrons. The molecule has 0 aliphatic rings. The standard InChI is InChI=1S/C46H31NS/c1-2-12-32(13-3-1)33-24-27-37(28-25-33)47(44-22-8-6-19-41(44)40-21-11-15-34-14-4-5-18-39(34)40)38-17-10-16-35(30-38)36-26-29-46-43(31-36)42-20-7-9-23-45(42)48-46/h1-31H. The van der Waals surface area contributed by atoms with Crippen LogP contribution in [0, 0.1) is 0 Å². The Hall–Kier alpha value is -5.96. The molecular weight excluding hydrogens is 599 g/mol. The van der Waals surface area contributed by atoms with Crippen LogP contribution in [0.25, 0.3) is 64.3 Å². The fourth-order valence-corrected chi connectivity index (χ4v) is 8.03. The predicted molar refractivity (Wildman–Crippen MR) is 208 cm³/mol. The number of hydrogen-bond acceptors (Lipinski definition) is 2. The molecule has 1 heterocycles. The van der Waals surface area contributed by atoms with E-state index in [1.54, 1.807) is 0 Å². The molecule has 0 N–H and O–H groups in total. The van der Waals surface area contributed by atoms with Crippen LogP contribution in [-0.2, 0) is 0 Å². The smallest absolute Gasteiger partial charge is 0.0540 e. The van der Waals surface area contributed by atoms with Crippen molar-refractivity contribution in [2.24, 2.45) is 0 Å². The molecule has 0 fully saturated rings. The van der Waals surface area contributed by atoms with Crippen molar-refractivity contribution in [2.45, 2.75) is 0 Å². The lowest BCUT2D eigenvalue weighted by atomic mass is 9.95. The molecule has 9 rings (SSSR count). The zero-order valence-electron chi connectivity index (χ0n) is 26.3. The van der Waals surface area contributed by atoms with Gasteiger partial charge in [0.15, 0.2) is 0 Å². The van der Waals surface area contributed by atoms with Crippen LogP contribution in [0.15, 0.2) is 188 Å². The second-order valence-corrected chi connectivity index (χ2v) is 13.2. The Kier molecular flexibility index (Phi) is 7.07. The minimum absolute atomic E-state index is 1.11. The molecule has 2 heteroatoms. The largest absolute Gasteiger partial charge is 0.310 e. The maximum Gasteiger partial charge on any atom is 0.0540 e. The number of benzene rings is 8. The summed E-state index contributed by atoms with van der Waals surface area (Å²) in [7, 11) is 0. The SMILES string of the molecule is c1ccc(-c2ccc(N(c3cccc(-c4ccc5sc6ccccc6c5c4)c3)c3ccccc3-c3cccc4ccccc34)cc2)cc1. The summed E-state index contributed by atoms with van der Waals surface area (Å²) in [6, 6.07) is 68.2. The zero-order chi connectivity index (χ0) is 31.9. The van der Waals surface area contributed by atoms with Crippen molar-refractivity contribution in [1.29, 1.82) is 0 Å². The van der Waals surface area contributed by atoms with Crippen LogP contribution < -0.4 is 4.90 Å². The van der Waals surface area contributed by atoms with Crippen LogP contribution >= 0.6 is 11.3 Å². The molecule has 0 unspecified atom stereocenters. The lowest BCUT2D eigenvalue weighted by Gasteiger charge is -2.29. The Labute approximate surface area is 284 Å². The third kappa shape index (κ3) is 5.04. The average molecular weight is 630 g/mol. The van der Waals surface area contributed by atoms with Crippen molar-refractivity contribution in [3.63, 3.8) is 0 Å². The Morgan fingerprint density at radius 3 is 1.83 bits per heavy atom. The van der Waals surface area contributed by atoms with Crippen molar-refractivity contribution in [3.8, 4) is 33.4 Å². The van der Waals surface area contributed by atoms with Gasteiger partial charge in [0.2, 0.25) is 0 Å². The summed E-state index contributed by atoms with van der Waals surface area (Å²) in [5.74, 6) is 0. The first kappa shape index (κ1) is 28.3. The molecule has 9 aromatic rings. The van der Waals surface area contributed by atoms with E-state index in [0.29, 0.717) is 0 Å². The van der Waals surface area contributed by atoms with E-state index in [1.165, 1.54) is 64.3 Å². The normalized spacial score (nSPS) is 11.3. The molecule has 1 nitrogen and oxygen atoms in total. The van der Waals surface area contributed by atoms with E-state index in [2.05, 4.69) is 193 Å². The maximum atomic E-state index is 2.41. The summed E-state index contributed by atoms with van der Waals surface area (Å²) in [5.41, 5.74) is 10.6. The van der Waals surface area contributed by atoms with Crippen molar-refractivity contribution in [2.75, 3.05) is 4.90 Å². The van der Waals surface area contributed by atoms with E-state index >= 15 is 0 Å². The number of hydrogen-bond donors (Lipinski definition) is 0. The van der Waals surface area contributed by atoms with E-state index in [-0.39, 0.29) is 0 Å². The number of thiophene rings is 1. The van der Waals surface area contributed by atoms with Gasteiger partial charge in [0.05, 0.1) is 5.69 Å². The lowest BCUT2D eigenvalue weighted by molar-refractivity contribution is 1.28. The topological polar surface area (TPSA) is 3.24 Å². The molecule has 1 aromatic heterocycles. The molecule has 226 valence electrons. The van der Waals surface area contributed by atoms with Gasteiger partial charge in [0.1, 0.15) is 0 Å². The lowest BCUT2D eigenvalue weighted by Crippen LogP contribution is -2.11. The van der Waals surface area contributed by atoms with Gasteiger partial charge in [-0.1, -0.05) is 140 Å². The van der Waals surface area contributed by atoms with Gasteiger partial charge in [-0.05, 0) is 87.1 Å². The Balaban J connectivity index is 1.22. The predicted octanol–water partition coefficient (Wildman–Crippen LogP) is 13.7. The molecule has 0 saturated carbocycles. The maximum absolute atomic E-state index is 2.41. The summed E-state index contributed by atoms with van der Waals surface area (Å²) in [6.45, 7) is 0. The number of fused-ring (bicyclic) bond motifs is 4. The van der Waals surface area contributed by atoms with E-state index in [9.17, 15) is 0 Å². The van der Waals surface area contributed by atoms with Gasteiger partial charge in [0, 0.05) is 37.1 Å². The van der Waals surface area contributed by atoms with Crippen molar-refractivity contribution in [1.82, 2.24) is 0 Å². The van der Waals surface area contributed by atoms with Crippen LogP contribution in [0.4, 0.5) is 17.1 Å². The van der Waals surface area contributed by atoms with Gasteiger partial charge < -0.3 is 4.90 Å². The first-order valence-electron chi connectivity index (χ1n) is 16.3. The molecule has 0 aliphatic heterocycles. The number of nitrogens with zero attached hydrogens (tertiary/aromatic N) is 1. The summed E-state index contributed by atoms with van der Waals surface area (Å²) in [6.07, 6.45) is 0. The first-order chi connectivity index (χ1) is 23.8. The van der Waals surface area contributed by atoms with Crippen LogP contribution in [0.2, 0.25) is 0 Å². The highest BCUT2D eigenvalue weighted by atomic mass is 32.1. The second-order valence-electron chi connectivity index (χ2n) is 12.2. The Morgan fingerprint density at radius 1 is 0.333 bits per heavy atom. The van der Waals surface area contributed by atoms with Crippen LogP contribution in [0.3, 0.4) is 0 Å². The van der Waals surface area contributed by atoms with Crippen LogP contribution in [-0.4, -0.2) is 0 Å². The summed E-state index contributed by atoms with van der Waals surface area (Å²) < 4.78 is 2.65. The van der Waals surface area contributed by atoms with E-state index in [0.717, 1.165) is 17.1 Å². The number of anilines is 3. The molecule has 0 spiro atoms. The Morgan fingerprint density at radius 2 is 0.938 bits per heavy atom. The van der Waals surface area contributed by atoms with Crippen molar-refractivity contribution >= 4 is 59.3 Å². The van der Waals surface area contributed by atoms with Crippen LogP contribution in [0.1, 0.15) is 0 Å². The fraction of sp³-hybridized carbons (Fsp3) is 0. The summed E-state index contributed by atoms with van der Waals surface area (Å²) in [5, 5.41) is 5.12. The molecule has 8 aromatic carbocycles. The van der Waals surface area contributed by atoms with Gasteiger partial charge in [-0.2, -0.15) is 0 Å². The third-order valence-electron chi connectivity index (χ3n) is 9.27. The van der Waals surface area contributed by atoms with E-state index in [4.69, 9.17) is 0 Å². The minimum atomic E-state index is 1.11. The molecule has 0 aliphatic carbocycles. The van der Waals surface area contributed by atoms with Gasteiger partial charge in [0.25, 0.3) is 0 Å². The highest BCUT2D eigenvalue weighted by Gasteiger charge is 2.19. The zero-order valence-corrected chi connectivity index (χ0v) is 27.1. The molecule has 48 heavy (non-hydrogen) atoms. The molecule has 0 bridgehead atoms. The summed E-state index contributed by atoms with van der Waals surface area (Å²) in [4.78, 5) is 2.41. The van der Waals surface area contributed by atoms with E-state index < -0.39 is 0 Å². The molecule has 0 amide bonds. The third-order valence-corrected chi connectivity index (χ3v) is 10.4. The first-order valence-corrected chi connectivity index (χ1v) is 17.2. The van der Waals surface area contributed by atoms with Gasteiger partial charge in [-0.15, -0.1) is 11.3 Å². The monoisotopic (exact) mass is 629 g/mol. The van der Waals surface area contributed by atoms with Gasteiger partial charge in [-0.3, -0.25) is 0 Å². The van der Waals surface area contributed by atoms with E-state index in [1.807, 2.05) is 11.3 Å². The average Bonchev–Trinajstić information content (AvgIpc) is 3.54. The minimum Gasteiger partial charge on any atom is -0.310 e. The molecule has 0 saturated heterocycles. The second kappa shape index (κ2) is 12.0. The van der Waals surface area contributed by atoms with Crippen molar-refractivity contribution in [3.05, 3.63) is 188 Å². The molecular formula is C46H31NS. The number of para-hydroxylation sites is 1. The van der Waals surface area contributed by atoms with Gasteiger partial charge in [-0.25, -0.2) is 0 Å². The summed E-state index contributed by atoms with van der Waals surface area (Å²) >= 11 is 1.86. The van der Waals surface area contributed by atoms with Crippen LogP contribution in [0.5, 0.6) is 0 Å².